The second-order valence-electron chi connectivity index (χ2n) is 7.33. The van der Waals surface area contributed by atoms with Crippen LogP contribution >= 0.6 is 0 Å². The Bertz CT molecular complexity index is 742. The van der Waals surface area contributed by atoms with Gasteiger partial charge in [-0.1, -0.05) is 0 Å². The Morgan fingerprint density at radius 1 is 1.04 bits per heavy atom. The highest BCUT2D eigenvalue weighted by Gasteiger charge is 2.60. The number of nitrogens with one attached hydrogen (secondary N) is 1. The SMILES string of the molecule is CC(=O)c1ccc(NC(=O)CN2C(=O)[C@@H]3[C@H]4CC[C@@H](C4)[C@H]3C2=O)cc1. The van der Waals surface area contributed by atoms with Crippen molar-refractivity contribution in [1.82, 2.24) is 4.90 Å². The molecule has 4 rings (SSSR count). The molecule has 2 saturated carbocycles. The first kappa shape index (κ1) is 16.0. The van der Waals surface area contributed by atoms with Gasteiger partial charge in [0, 0.05) is 11.3 Å². The molecule has 0 spiro atoms. The van der Waals surface area contributed by atoms with Gasteiger partial charge in [0.25, 0.3) is 0 Å². The van der Waals surface area contributed by atoms with Crippen molar-refractivity contribution in [3.05, 3.63) is 29.8 Å². The molecular formula is C19H20N2O4. The molecule has 25 heavy (non-hydrogen) atoms. The zero-order valence-corrected chi connectivity index (χ0v) is 14.0. The highest BCUT2D eigenvalue weighted by atomic mass is 16.2. The Hall–Kier alpha value is -2.50. The molecule has 1 aromatic carbocycles. The van der Waals surface area contributed by atoms with Crippen LogP contribution in [0.3, 0.4) is 0 Å². The van der Waals surface area contributed by atoms with E-state index in [-0.39, 0.29) is 36.0 Å². The molecule has 6 nitrogen and oxygen atoms in total. The number of hydrogen-bond donors (Lipinski definition) is 1. The molecule has 0 unspecified atom stereocenters. The van der Waals surface area contributed by atoms with Crippen molar-refractivity contribution in [1.29, 1.82) is 0 Å². The van der Waals surface area contributed by atoms with Crippen LogP contribution in [0.4, 0.5) is 5.69 Å². The molecule has 130 valence electrons. The number of nitrogens with zero attached hydrogens (tertiary/aromatic N) is 1. The van der Waals surface area contributed by atoms with E-state index in [2.05, 4.69) is 5.32 Å². The average molecular weight is 340 g/mol. The Labute approximate surface area is 145 Å². The lowest BCUT2D eigenvalue weighted by Crippen LogP contribution is -2.39. The van der Waals surface area contributed by atoms with E-state index in [9.17, 15) is 19.2 Å². The monoisotopic (exact) mass is 340 g/mol. The number of imide groups is 1. The minimum atomic E-state index is -0.399. The van der Waals surface area contributed by atoms with Gasteiger partial charge in [0.1, 0.15) is 6.54 Å². The van der Waals surface area contributed by atoms with E-state index >= 15 is 0 Å². The largest absolute Gasteiger partial charge is 0.325 e. The topological polar surface area (TPSA) is 83.6 Å². The van der Waals surface area contributed by atoms with Crippen molar-refractivity contribution in [2.24, 2.45) is 23.7 Å². The second kappa shape index (κ2) is 5.79. The van der Waals surface area contributed by atoms with E-state index in [0.29, 0.717) is 23.1 Å². The number of hydrogen-bond acceptors (Lipinski definition) is 4. The van der Waals surface area contributed by atoms with Gasteiger partial charge < -0.3 is 5.32 Å². The van der Waals surface area contributed by atoms with Crippen LogP contribution < -0.4 is 5.32 Å². The van der Waals surface area contributed by atoms with Crippen molar-refractivity contribution in [3.8, 4) is 0 Å². The molecular weight excluding hydrogens is 320 g/mol. The Morgan fingerprint density at radius 2 is 1.60 bits per heavy atom. The van der Waals surface area contributed by atoms with Crippen LogP contribution in [-0.4, -0.2) is 34.9 Å². The molecule has 2 bridgehead atoms. The molecule has 2 aliphatic carbocycles. The van der Waals surface area contributed by atoms with Gasteiger partial charge >= 0.3 is 0 Å². The Morgan fingerprint density at radius 3 is 2.12 bits per heavy atom. The molecule has 4 atom stereocenters. The summed E-state index contributed by atoms with van der Waals surface area (Å²) in [6, 6.07) is 6.53. The number of benzene rings is 1. The maximum Gasteiger partial charge on any atom is 0.244 e. The van der Waals surface area contributed by atoms with Crippen LogP contribution in [0.2, 0.25) is 0 Å². The first-order chi connectivity index (χ1) is 12.0. The van der Waals surface area contributed by atoms with Gasteiger partial charge in [-0.3, -0.25) is 24.1 Å². The summed E-state index contributed by atoms with van der Waals surface area (Å²) >= 11 is 0. The number of carbonyl (C=O) groups excluding carboxylic acids is 4. The fraction of sp³-hybridized carbons (Fsp3) is 0.474. The number of anilines is 1. The predicted molar refractivity (Wildman–Crippen MR) is 89.6 cm³/mol. The summed E-state index contributed by atoms with van der Waals surface area (Å²) in [7, 11) is 0. The van der Waals surface area contributed by atoms with E-state index < -0.39 is 5.91 Å². The summed E-state index contributed by atoms with van der Waals surface area (Å²) < 4.78 is 0. The predicted octanol–water partition coefficient (Wildman–Crippen LogP) is 1.86. The van der Waals surface area contributed by atoms with E-state index in [1.807, 2.05) is 0 Å². The molecule has 1 aromatic rings. The van der Waals surface area contributed by atoms with Crippen LogP contribution in [0.5, 0.6) is 0 Å². The summed E-state index contributed by atoms with van der Waals surface area (Å²) in [4.78, 5) is 49.8. The van der Waals surface area contributed by atoms with Gasteiger partial charge in [-0.05, 0) is 62.3 Å². The van der Waals surface area contributed by atoms with Gasteiger partial charge in [-0.25, -0.2) is 0 Å². The van der Waals surface area contributed by atoms with Crippen molar-refractivity contribution in [3.63, 3.8) is 0 Å². The average Bonchev–Trinajstić information content (AvgIpc) is 3.25. The third-order valence-electron chi connectivity index (χ3n) is 5.90. The van der Waals surface area contributed by atoms with Crippen LogP contribution in [0.1, 0.15) is 36.5 Å². The van der Waals surface area contributed by atoms with Crippen molar-refractivity contribution >= 4 is 29.2 Å². The van der Waals surface area contributed by atoms with Gasteiger partial charge in [0.15, 0.2) is 5.78 Å². The lowest BCUT2D eigenvalue weighted by molar-refractivity contribution is -0.143. The van der Waals surface area contributed by atoms with Gasteiger partial charge in [-0.15, -0.1) is 0 Å². The second-order valence-corrected chi connectivity index (χ2v) is 7.33. The van der Waals surface area contributed by atoms with Crippen LogP contribution in [0, 0.1) is 23.7 Å². The number of rotatable bonds is 4. The Kier molecular flexibility index (Phi) is 3.71. The normalized spacial score (nSPS) is 29.9. The van der Waals surface area contributed by atoms with Crippen LogP contribution in [-0.2, 0) is 14.4 Å². The Balaban J connectivity index is 1.42. The molecule has 3 aliphatic rings. The molecule has 1 saturated heterocycles. The molecule has 0 aromatic heterocycles. The van der Waals surface area contributed by atoms with Crippen LogP contribution in [0.15, 0.2) is 24.3 Å². The summed E-state index contributed by atoms with van der Waals surface area (Å²) in [6.45, 7) is 1.24. The number of likely N-dealkylation sites (tertiary alicyclic amines) is 1. The smallest absolute Gasteiger partial charge is 0.244 e. The van der Waals surface area contributed by atoms with E-state index in [1.54, 1.807) is 24.3 Å². The first-order valence-corrected chi connectivity index (χ1v) is 8.72. The summed E-state index contributed by atoms with van der Waals surface area (Å²) in [5.74, 6) is -0.564. The molecule has 0 radical (unpaired) electrons. The van der Waals surface area contributed by atoms with E-state index in [1.165, 1.54) is 6.92 Å². The molecule has 3 fully saturated rings. The number of fused-ring (bicyclic) bond motifs is 5. The minimum absolute atomic E-state index is 0.0488. The van der Waals surface area contributed by atoms with Gasteiger partial charge in [-0.2, -0.15) is 0 Å². The van der Waals surface area contributed by atoms with Crippen LogP contribution in [0.25, 0.3) is 0 Å². The van der Waals surface area contributed by atoms with Gasteiger partial charge in [0.05, 0.1) is 11.8 Å². The lowest BCUT2D eigenvalue weighted by atomic mass is 9.81. The molecule has 6 heteroatoms. The fourth-order valence-electron chi connectivity index (χ4n) is 4.76. The zero-order chi connectivity index (χ0) is 17.7. The molecule has 1 aliphatic heterocycles. The summed E-state index contributed by atoms with van der Waals surface area (Å²) in [5.41, 5.74) is 1.10. The van der Waals surface area contributed by atoms with E-state index in [0.717, 1.165) is 24.2 Å². The third kappa shape index (κ3) is 2.56. The third-order valence-corrected chi connectivity index (χ3v) is 5.90. The van der Waals surface area contributed by atoms with Crippen molar-refractivity contribution in [2.75, 3.05) is 11.9 Å². The first-order valence-electron chi connectivity index (χ1n) is 8.72. The summed E-state index contributed by atoms with van der Waals surface area (Å²) in [5, 5.41) is 2.68. The maximum absolute atomic E-state index is 12.6. The van der Waals surface area contributed by atoms with Crippen molar-refractivity contribution < 1.29 is 19.2 Å². The number of ketones is 1. The van der Waals surface area contributed by atoms with Gasteiger partial charge in [0.2, 0.25) is 17.7 Å². The quantitative estimate of drug-likeness (QED) is 0.670. The highest BCUT2D eigenvalue weighted by Crippen LogP contribution is 2.56. The molecule has 1 heterocycles. The number of Topliss-reactive ketones (excluding diaryl/α,β-unsaturated/α-hetero) is 1. The number of carbonyl (C=O) groups is 4. The summed E-state index contributed by atoms with van der Waals surface area (Å²) in [6.07, 6.45) is 3.02. The highest BCUT2D eigenvalue weighted by molar-refractivity contribution is 6.09. The lowest BCUT2D eigenvalue weighted by Gasteiger charge is -2.19. The molecule has 3 amide bonds. The minimum Gasteiger partial charge on any atom is -0.325 e. The van der Waals surface area contributed by atoms with Crippen molar-refractivity contribution in [2.45, 2.75) is 26.2 Å². The zero-order valence-electron chi connectivity index (χ0n) is 14.0. The number of amides is 3. The molecule has 1 N–H and O–H groups in total. The standard InChI is InChI=1S/C19H20N2O4/c1-10(22)11-4-6-14(7-5-11)20-15(23)9-21-18(24)16-12-2-3-13(8-12)17(16)19(21)25/h4-7,12-13,16-17H,2-3,8-9H2,1H3,(H,20,23)/t12-,13-,16+,17+/m0/s1. The fourth-order valence-corrected chi connectivity index (χ4v) is 4.76. The maximum atomic E-state index is 12.6. The van der Waals surface area contributed by atoms with E-state index in [4.69, 9.17) is 0 Å².